The standard InChI is InChI=1S/C26H29N3OS2/c1-29-4-2-19-18(12-29)20(17-3-5-31-13-17)21-22(27)23(32-25(21)28-19)24(30)26-9-14-6-15(10-26)8-16(7-14)11-26/h3,5,13-16H,2,4,6-12,27H2,1H3. The first-order valence-electron chi connectivity index (χ1n) is 12.0. The Balaban J connectivity index is 1.41. The quantitative estimate of drug-likeness (QED) is 0.484. The van der Waals surface area contributed by atoms with E-state index in [0.29, 0.717) is 11.5 Å². The van der Waals surface area contributed by atoms with E-state index in [0.717, 1.165) is 71.6 Å². The molecule has 3 aromatic heterocycles. The van der Waals surface area contributed by atoms with Gasteiger partial charge in [0.05, 0.1) is 10.6 Å². The summed E-state index contributed by atoms with van der Waals surface area (Å²) in [6, 6.07) is 2.19. The Bertz CT molecular complexity index is 1210. The maximum absolute atomic E-state index is 14.2. The number of rotatable bonds is 3. The van der Waals surface area contributed by atoms with Crippen LogP contribution in [-0.4, -0.2) is 29.3 Å². The molecule has 4 bridgehead atoms. The summed E-state index contributed by atoms with van der Waals surface area (Å²) in [6.07, 6.45) is 8.23. The van der Waals surface area contributed by atoms with E-state index in [2.05, 4.69) is 28.8 Å². The molecule has 2 N–H and O–H groups in total. The lowest BCUT2D eigenvalue weighted by atomic mass is 9.48. The van der Waals surface area contributed by atoms with Gasteiger partial charge in [0.15, 0.2) is 5.78 Å². The van der Waals surface area contributed by atoms with Crippen LogP contribution in [0.5, 0.6) is 0 Å². The monoisotopic (exact) mass is 463 g/mol. The Hall–Kier alpha value is -1.76. The van der Waals surface area contributed by atoms with Gasteiger partial charge in [-0.15, -0.1) is 11.3 Å². The largest absolute Gasteiger partial charge is 0.397 e. The molecular formula is C26H29N3OS2. The predicted molar refractivity (Wildman–Crippen MR) is 132 cm³/mol. The summed E-state index contributed by atoms with van der Waals surface area (Å²) in [5, 5.41) is 5.36. The van der Waals surface area contributed by atoms with Crippen molar-refractivity contribution in [2.45, 2.75) is 51.5 Å². The predicted octanol–water partition coefficient (Wildman–Crippen LogP) is 5.99. The normalized spacial score (nSPS) is 31.3. The van der Waals surface area contributed by atoms with Crippen molar-refractivity contribution in [3.05, 3.63) is 33.0 Å². The number of Topliss-reactive ketones (excluding diaryl/α,β-unsaturated/α-hetero) is 1. The third kappa shape index (κ3) is 2.75. The minimum absolute atomic E-state index is 0.161. The zero-order valence-electron chi connectivity index (χ0n) is 18.5. The minimum atomic E-state index is -0.161. The Morgan fingerprint density at radius 3 is 2.56 bits per heavy atom. The van der Waals surface area contributed by atoms with Gasteiger partial charge in [0.25, 0.3) is 0 Å². The van der Waals surface area contributed by atoms with Crippen molar-refractivity contribution in [1.29, 1.82) is 0 Å². The van der Waals surface area contributed by atoms with Crippen molar-refractivity contribution in [2.24, 2.45) is 23.2 Å². The van der Waals surface area contributed by atoms with Crippen LogP contribution in [0.2, 0.25) is 0 Å². The second kappa shape index (κ2) is 6.87. The minimum Gasteiger partial charge on any atom is -0.397 e. The first kappa shape index (κ1) is 19.7. The SMILES string of the molecule is CN1CCc2nc3sc(C(=O)C45CC6CC(CC(C6)C4)C5)c(N)c3c(-c3ccsc3)c2C1. The molecule has 8 rings (SSSR count). The molecular weight excluding hydrogens is 434 g/mol. The van der Waals surface area contributed by atoms with Crippen molar-refractivity contribution in [2.75, 3.05) is 19.3 Å². The van der Waals surface area contributed by atoms with Gasteiger partial charge in [-0.1, -0.05) is 0 Å². The fourth-order valence-electron chi connectivity index (χ4n) is 7.78. The summed E-state index contributed by atoms with van der Waals surface area (Å²) in [4.78, 5) is 23.4. The molecule has 4 saturated carbocycles. The second-order valence-electron chi connectivity index (χ2n) is 11.0. The van der Waals surface area contributed by atoms with Gasteiger partial charge in [-0.25, -0.2) is 4.98 Å². The van der Waals surface area contributed by atoms with E-state index in [1.54, 1.807) is 22.7 Å². The van der Waals surface area contributed by atoms with Crippen molar-refractivity contribution < 1.29 is 4.79 Å². The molecule has 6 heteroatoms. The van der Waals surface area contributed by atoms with Gasteiger partial charge in [0, 0.05) is 41.6 Å². The van der Waals surface area contributed by atoms with E-state index in [1.165, 1.54) is 41.6 Å². The molecule has 166 valence electrons. The van der Waals surface area contributed by atoms with E-state index in [-0.39, 0.29) is 5.41 Å². The Labute approximate surface area is 196 Å². The highest BCUT2D eigenvalue weighted by molar-refractivity contribution is 7.21. The van der Waals surface area contributed by atoms with Gasteiger partial charge in [-0.3, -0.25) is 4.79 Å². The van der Waals surface area contributed by atoms with Crippen molar-refractivity contribution in [3.8, 4) is 11.1 Å². The number of nitrogens with zero attached hydrogens (tertiary/aromatic N) is 2. The third-order valence-corrected chi connectivity index (χ3v) is 10.5. The smallest absolute Gasteiger partial charge is 0.181 e. The Morgan fingerprint density at radius 2 is 1.91 bits per heavy atom. The number of fused-ring (bicyclic) bond motifs is 2. The average molecular weight is 464 g/mol. The van der Waals surface area contributed by atoms with Gasteiger partial charge in [0.2, 0.25) is 0 Å². The van der Waals surface area contributed by atoms with Crippen LogP contribution in [0, 0.1) is 23.2 Å². The summed E-state index contributed by atoms with van der Waals surface area (Å²) < 4.78 is 0. The number of nitrogens with two attached hydrogens (primary N) is 1. The number of thiophene rings is 2. The van der Waals surface area contributed by atoms with Crippen LogP contribution in [0.1, 0.15) is 59.5 Å². The summed E-state index contributed by atoms with van der Waals surface area (Å²) >= 11 is 3.28. The van der Waals surface area contributed by atoms with Crippen LogP contribution in [0.25, 0.3) is 21.3 Å². The number of carbonyl (C=O) groups is 1. The van der Waals surface area contributed by atoms with Gasteiger partial charge in [0.1, 0.15) is 4.83 Å². The molecule has 0 aromatic carbocycles. The van der Waals surface area contributed by atoms with Gasteiger partial charge < -0.3 is 10.6 Å². The molecule has 4 aliphatic carbocycles. The highest BCUT2D eigenvalue weighted by Gasteiger charge is 2.55. The van der Waals surface area contributed by atoms with E-state index in [4.69, 9.17) is 10.7 Å². The molecule has 0 radical (unpaired) electrons. The summed E-state index contributed by atoms with van der Waals surface area (Å²) in [7, 11) is 2.17. The number of likely N-dealkylation sites (N-methyl/N-ethyl adjacent to an activating group) is 1. The molecule has 3 aromatic rings. The number of aromatic nitrogens is 1. The Kier molecular flexibility index (Phi) is 4.23. The average Bonchev–Trinajstić information content (AvgIpc) is 3.39. The van der Waals surface area contributed by atoms with Crippen molar-refractivity contribution in [1.82, 2.24) is 9.88 Å². The van der Waals surface area contributed by atoms with Gasteiger partial charge in [-0.2, -0.15) is 11.3 Å². The maximum Gasteiger partial charge on any atom is 0.181 e. The number of hydrogen-bond donors (Lipinski definition) is 1. The van der Waals surface area contributed by atoms with Crippen LogP contribution in [0.4, 0.5) is 5.69 Å². The molecule has 0 amide bonds. The highest BCUT2D eigenvalue weighted by Crippen LogP contribution is 2.61. The lowest BCUT2D eigenvalue weighted by molar-refractivity contribution is -0.0350. The van der Waals surface area contributed by atoms with Gasteiger partial charge in [-0.05, 0) is 91.3 Å². The molecule has 0 saturated heterocycles. The summed E-state index contributed by atoms with van der Waals surface area (Å²) in [5.74, 6) is 2.60. The maximum atomic E-state index is 14.2. The van der Waals surface area contributed by atoms with E-state index >= 15 is 0 Å². The molecule has 0 spiro atoms. The fourth-order valence-corrected chi connectivity index (χ4v) is 9.61. The number of anilines is 1. The summed E-state index contributed by atoms with van der Waals surface area (Å²) in [6.45, 7) is 1.91. The lowest BCUT2D eigenvalue weighted by Crippen LogP contribution is -2.49. The van der Waals surface area contributed by atoms with Crippen LogP contribution < -0.4 is 5.73 Å². The summed E-state index contributed by atoms with van der Waals surface area (Å²) in [5.41, 5.74) is 12.3. The molecule has 0 unspecified atom stereocenters. The fraction of sp³-hybridized carbons (Fsp3) is 0.538. The molecule has 1 aliphatic heterocycles. The van der Waals surface area contributed by atoms with Crippen molar-refractivity contribution in [3.63, 3.8) is 0 Å². The molecule has 32 heavy (non-hydrogen) atoms. The van der Waals surface area contributed by atoms with E-state index in [9.17, 15) is 4.79 Å². The van der Waals surface area contributed by atoms with Crippen LogP contribution >= 0.6 is 22.7 Å². The lowest BCUT2D eigenvalue weighted by Gasteiger charge is -2.55. The molecule has 4 fully saturated rings. The first-order chi connectivity index (χ1) is 15.5. The van der Waals surface area contributed by atoms with Crippen LogP contribution in [0.15, 0.2) is 16.8 Å². The topological polar surface area (TPSA) is 59.2 Å². The number of pyridine rings is 1. The van der Waals surface area contributed by atoms with Gasteiger partial charge >= 0.3 is 0 Å². The van der Waals surface area contributed by atoms with Crippen LogP contribution in [-0.2, 0) is 13.0 Å². The number of carbonyl (C=O) groups excluding carboxylic acids is 1. The zero-order valence-corrected chi connectivity index (χ0v) is 20.2. The van der Waals surface area contributed by atoms with Crippen molar-refractivity contribution >= 4 is 44.4 Å². The molecule has 4 heterocycles. The second-order valence-corrected chi connectivity index (χ2v) is 12.7. The molecule has 5 aliphatic rings. The third-order valence-electron chi connectivity index (χ3n) is 8.76. The van der Waals surface area contributed by atoms with E-state index < -0.39 is 0 Å². The van der Waals surface area contributed by atoms with Crippen LogP contribution in [0.3, 0.4) is 0 Å². The number of nitrogen functional groups attached to an aromatic ring is 1. The zero-order chi connectivity index (χ0) is 21.6. The van der Waals surface area contributed by atoms with E-state index in [1.807, 2.05) is 0 Å². The molecule has 0 atom stereocenters. The number of hydrogen-bond acceptors (Lipinski definition) is 6. The number of ketones is 1. The molecule has 4 nitrogen and oxygen atoms in total. The Morgan fingerprint density at radius 1 is 1.19 bits per heavy atom. The first-order valence-corrected chi connectivity index (χ1v) is 13.8. The highest BCUT2D eigenvalue weighted by atomic mass is 32.1.